The zero-order chi connectivity index (χ0) is 18.1. The quantitative estimate of drug-likeness (QED) is 0.708. The number of amides is 1. The fourth-order valence-electron chi connectivity index (χ4n) is 2.69. The highest BCUT2D eigenvalue weighted by molar-refractivity contribution is 9.10. The molecule has 4 nitrogen and oxygen atoms in total. The lowest BCUT2D eigenvalue weighted by molar-refractivity contribution is 0.0282. The van der Waals surface area contributed by atoms with Gasteiger partial charge in [0.25, 0.3) is 0 Å². The van der Waals surface area contributed by atoms with Crippen LogP contribution in [0.5, 0.6) is 0 Å². The van der Waals surface area contributed by atoms with Crippen LogP contribution in [0.3, 0.4) is 0 Å². The number of likely N-dealkylation sites (tertiary alicyclic amines) is 1. The van der Waals surface area contributed by atoms with Gasteiger partial charge >= 0.3 is 6.09 Å². The molecule has 1 aliphatic rings. The number of ether oxygens (including phenoxy) is 1. The van der Waals surface area contributed by atoms with E-state index in [0.29, 0.717) is 13.1 Å². The largest absolute Gasteiger partial charge is 0.444 e. The van der Waals surface area contributed by atoms with Crippen molar-refractivity contribution in [2.24, 2.45) is 0 Å². The van der Waals surface area contributed by atoms with Crippen LogP contribution in [0, 0.1) is 11.6 Å². The van der Waals surface area contributed by atoms with Gasteiger partial charge in [0, 0.05) is 31.2 Å². The minimum absolute atomic E-state index is 0.0760. The molecule has 1 aliphatic heterocycles. The predicted molar refractivity (Wildman–Crippen MR) is 91.7 cm³/mol. The average molecular weight is 405 g/mol. The highest BCUT2D eigenvalue weighted by Gasteiger charge is 2.32. The van der Waals surface area contributed by atoms with Crippen LogP contribution in [0.2, 0.25) is 0 Å². The Labute approximate surface area is 149 Å². The van der Waals surface area contributed by atoms with Crippen LogP contribution >= 0.6 is 15.9 Å². The normalized spacial score (nSPS) is 18.3. The number of nitrogens with zero attached hydrogens (tertiary/aromatic N) is 2. The Kier molecular flexibility index (Phi) is 5.86. The number of carbonyl (C=O) groups excluding carboxylic acids is 1. The number of likely N-dealkylation sites (N-methyl/N-ethyl adjacent to an activating group) is 1. The highest BCUT2D eigenvalue weighted by Crippen LogP contribution is 2.26. The molecule has 2 rings (SSSR count). The summed E-state index contributed by atoms with van der Waals surface area (Å²) in [5.41, 5.74) is -0.246. The van der Waals surface area contributed by atoms with E-state index in [2.05, 4.69) is 15.9 Å². The first-order valence-electron chi connectivity index (χ1n) is 7.89. The van der Waals surface area contributed by atoms with Crippen molar-refractivity contribution >= 4 is 22.0 Å². The van der Waals surface area contributed by atoms with Gasteiger partial charge in [0.2, 0.25) is 0 Å². The molecule has 0 spiro atoms. The van der Waals surface area contributed by atoms with Gasteiger partial charge in [-0.1, -0.05) is 0 Å². The minimum Gasteiger partial charge on any atom is -0.444 e. The Morgan fingerprint density at radius 3 is 2.62 bits per heavy atom. The highest BCUT2D eigenvalue weighted by atomic mass is 79.9. The summed E-state index contributed by atoms with van der Waals surface area (Å²) >= 11 is 3.11. The number of carbonyl (C=O) groups is 1. The second-order valence-corrected chi connectivity index (χ2v) is 7.90. The topological polar surface area (TPSA) is 32.8 Å². The van der Waals surface area contributed by atoms with Crippen molar-refractivity contribution < 1.29 is 18.3 Å². The maximum absolute atomic E-state index is 14.0. The van der Waals surface area contributed by atoms with Crippen molar-refractivity contribution in [3.05, 3.63) is 33.8 Å². The molecule has 24 heavy (non-hydrogen) atoms. The van der Waals surface area contributed by atoms with Crippen LogP contribution in [-0.2, 0) is 11.3 Å². The third kappa shape index (κ3) is 4.66. The lowest BCUT2D eigenvalue weighted by Crippen LogP contribution is -2.39. The van der Waals surface area contributed by atoms with Gasteiger partial charge < -0.3 is 9.64 Å². The second kappa shape index (κ2) is 7.35. The van der Waals surface area contributed by atoms with Crippen LogP contribution in [0.25, 0.3) is 0 Å². The number of halogens is 3. The fraction of sp³-hybridized carbons (Fsp3) is 0.588. The second-order valence-electron chi connectivity index (χ2n) is 7.11. The van der Waals surface area contributed by atoms with Crippen molar-refractivity contribution in [2.45, 2.75) is 45.4 Å². The molecule has 0 aliphatic carbocycles. The Balaban J connectivity index is 1.99. The van der Waals surface area contributed by atoms with Gasteiger partial charge in [-0.05, 0) is 62.3 Å². The molecule has 1 aromatic rings. The van der Waals surface area contributed by atoms with E-state index in [1.807, 2.05) is 32.7 Å². The number of rotatable bonds is 3. The first kappa shape index (κ1) is 19.1. The van der Waals surface area contributed by atoms with Gasteiger partial charge in [-0.25, -0.2) is 13.6 Å². The van der Waals surface area contributed by atoms with E-state index >= 15 is 0 Å². The standard InChI is InChI=1S/C17H23BrF2N2O2/c1-17(2,3)24-16(23)22-8-7-11(9-22)21(4)10-12-13(19)5-6-14(20)15(12)18/h5-6,11H,7-10H2,1-4H3/t11-/m1/s1. The summed E-state index contributed by atoms with van der Waals surface area (Å²) in [6.07, 6.45) is 0.432. The van der Waals surface area contributed by atoms with E-state index in [4.69, 9.17) is 4.74 Å². The maximum Gasteiger partial charge on any atom is 0.410 e. The van der Waals surface area contributed by atoms with Crippen molar-refractivity contribution in [1.29, 1.82) is 0 Å². The Bertz CT molecular complexity index is 619. The van der Waals surface area contributed by atoms with Gasteiger partial charge in [-0.3, -0.25) is 4.90 Å². The molecule has 1 aromatic carbocycles. The maximum atomic E-state index is 14.0. The zero-order valence-corrected chi connectivity index (χ0v) is 16.0. The molecule has 1 fully saturated rings. The van der Waals surface area contributed by atoms with E-state index in [-0.39, 0.29) is 28.7 Å². The van der Waals surface area contributed by atoms with Crippen molar-refractivity contribution in [1.82, 2.24) is 9.80 Å². The molecule has 0 saturated carbocycles. The smallest absolute Gasteiger partial charge is 0.410 e. The lowest BCUT2D eigenvalue weighted by atomic mass is 10.1. The zero-order valence-electron chi connectivity index (χ0n) is 14.4. The summed E-state index contributed by atoms with van der Waals surface area (Å²) in [7, 11) is 1.85. The van der Waals surface area contributed by atoms with Crippen LogP contribution < -0.4 is 0 Å². The molecular weight excluding hydrogens is 382 g/mol. The van der Waals surface area contributed by atoms with Crippen molar-refractivity contribution in [3.8, 4) is 0 Å². The molecule has 1 heterocycles. The SMILES string of the molecule is CN(Cc1c(F)ccc(F)c1Br)[C@@H]1CCN(C(=O)OC(C)(C)C)C1. The van der Waals surface area contributed by atoms with Gasteiger partial charge in [0.05, 0.1) is 4.47 Å². The molecule has 0 N–H and O–H groups in total. The number of benzene rings is 1. The lowest BCUT2D eigenvalue weighted by Gasteiger charge is -2.27. The molecule has 1 atom stereocenters. The van der Waals surface area contributed by atoms with Crippen LogP contribution in [0.15, 0.2) is 16.6 Å². The molecule has 134 valence electrons. The number of hydrogen-bond acceptors (Lipinski definition) is 3. The van der Waals surface area contributed by atoms with Crippen LogP contribution in [0.1, 0.15) is 32.8 Å². The van der Waals surface area contributed by atoms with E-state index in [1.165, 1.54) is 0 Å². The molecule has 0 bridgehead atoms. The predicted octanol–water partition coefficient (Wildman–Crippen LogP) is 4.17. The van der Waals surface area contributed by atoms with E-state index in [1.54, 1.807) is 4.90 Å². The Hall–Kier alpha value is -1.21. The fourth-order valence-corrected chi connectivity index (χ4v) is 3.13. The Morgan fingerprint density at radius 1 is 1.38 bits per heavy atom. The van der Waals surface area contributed by atoms with E-state index < -0.39 is 17.2 Å². The van der Waals surface area contributed by atoms with E-state index in [0.717, 1.165) is 18.6 Å². The van der Waals surface area contributed by atoms with Gasteiger partial charge in [-0.15, -0.1) is 0 Å². The van der Waals surface area contributed by atoms with Crippen LogP contribution in [-0.4, -0.2) is 47.7 Å². The third-order valence-corrected chi connectivity index (χ3v) is 4.84. The summed E-state index contributed by atoms with van der Waals surface area (Å²) in [4.78, 5) is 15.7. The molecular formula is C17H23BrF2N2O2. The van der Waals surface area contributed by atoms with Crippen LogP contribution in [0.4, 0.5) is 13.6 Å². The van der Waals surface area contributed by atoms with Gasteiger partial charge in [0.1, 0.15) is 17.2 Å². The summed E-state index contributed by atoms with van der Waals surface area (Å²) in [5.74, 6) is -0.932. The molecule has 7 heteroatoms. The molecule has 1 amide bonds. The average Bonchev–Trinajstić information content (AvgIpc) is 2.96. The van der Waals surface area contributed by atoms with Crippen molar-refractivity contribution in [2.75, 3.05) is 20.1 Å². The summed E-state index contributed by atoms with van der Waals surface area (Å²) in [6.45, 7) is 6.85. The molecule has 0 unspecified atom stereocenters. The minimum atomic E-state index is -0.531. The Morgan fingerprint density at radius 2 is 2.00 bits per heavy atom. The van der Waals surface area contributed by atoms with Gasteiger partial charge in [0.15, 0.2) is 0 Å². The first-order valence-corrected chi connectivity index (χ1v) is 8.68. The summed E-state index contributed by atoms with van der Waals surface area (Å²) < 4.78 is 33.1. The van der Waals surface area contributed by atoms with Gasteiger partial charge in [-0.2, -0.15) is 0 Å². The van der Waals surface area contributed by atoms with E-state index in [9.17, 15) is 13.6 Å². The molecule has 0 radical (unpaired) electrons. The van der Waals surface area contributed by atoms with Crippen molar-refractivity contribution in [3.63, 3.8) is 0 Å². The number of hydrogen-bond donors (Lipinski definition) is 0. The summed E-state index contributed by atoms with van der Waals surface area (Å²) in [5, 5.41) is 0. The molecule has 0 aromatic heterocycles. The monoisotopic (exact) mass is 404 g/mol. The summed E-state index contributed by atoms with van der Waals surface area (Å²) in [6, 6.07) is 2.31. The molecule has 1 saturated heterocycles. The first-order chi connectivity index (χ1) is 11.1. The third-order valence-electron chi connectivity index (χ3n) is 3.98.